The lowest BCUT2D eigenvalue weighted by atomic mass is 10.2. The lowest BCUT2D eigenvalue weighted by Gasteiger charge is -2.20. The lowest BCUT2D eigenvalue weighted by Crippen LogP contribution is -2.34. The Morgan fingerprint density at radius 1 is 1.44 bits per heavy atom. The average Bonchev–Trinajstić information content (AvgIpc) is 2.79. The third kappa shape index (κ3) is 2.74. The van der Waals surface area contributed by atoms with Crippen LogP contribution in [-0.4, -0.2) is 55.8 Å². The summed E-state index contributed by atoms with van der Waals surface area (Å²) in [5.74, 6) is 0. The Bertz CT molecular complexity index is 533. The van der Waals surface area contributed by atoms with E-state index in [1.807, 2.05) is 14.1 Å². The van der Waals surface area contributed by atoms with E-state index in [1.165, 1.54) is 10.5 Å². The molecule has 0 unspecified atom stereocenters. The maximum absolute atomic E-state index is 12.4. The van der Waals surface area contributed by atoms with Crippen LogP contribution in [0.25, 0.3) is 0 Å². The molecular weight excluding hydrogens is 318 g/mol. The highest BCUT2D eigenvalue weighted by molar-refractivity contribution is 9.10. The van der Waals surface area contributed by atoms with Gasteiger partial charge in [0.25, 0.3) is 0 Å². The third-order valence-electron chi connectivity index (χ3n) is 3.17. The molecule has 100 valence electrons. The lowest BCUT2D eigenvalue weighted by molar-refractivity contribution is 0.302. The average molecular weight is 334 g/mol. The maximum atomic E-state index is 12.4. The van der Waals surface area contributed by atoms with Crippen molar-refractivity contribution in [3.63, 3.8) is 0 Å². The number of pyridine rings is 1. The van der Waals surface area contributed by atoms with Gasteiger partial charge in [0.05, 0.1) is 0 Å². The molecule has 0 bridgehead atoms. The van der Waals surface area contributed by atoms with Crippen molar-refractivity contribution in [1.29, 1.82) is 0 Å². The largest absolute Gasteiger partial charge is 0.305 e. The predicted molar refractivity (Wildman–Crippen MR) is 72.8 cm³/mol. The third-order valence-corrected chi connectivity index (χ3v) is 5.44. The second kappa shape index (κ2) is 5.24. The van der Waals surface area contributed by atoms with Crippen LogP contribution in [0.4, 0.5) is 0 Å². The van der Waals surface area contributed by atoms with Gasteiger partial charge in [0.2, 0.25) is 10.0 Å². The van der Waals surface area contributed by atoms with E-state index >= 15 is 0 Å². The molecule has 0 radical (unpaired) electrons. The van der Waals surface area contributed by atoms with E-state index in [2.05, 4.69) is 25.8 Å². The molecule has 7 heteroatoms. The first kappa shape index (κ1) is 13.9. The van der Waals surface area contributed by atoms with Crippen LogP contribution in [0.5, 0.6) is 0 Å². The molecule has 1 fully saturated rings. The number of rotatable bonds is 3. The Morgan fingerprint density at radius 3 is 2.72 bits per heavy atom. The van der Waals surface area contributed by atoms with Crippen molar-refractivity contribution in [2.45, 2.75) is 17.4 Å². The van der Waals surface area contributed by atoms with Gasteiger partial charge in [-0.15, -0.1) is 0 Å². The van der Waals surface area contributed by atoms with Crippen molar-refractivity contribution >= 4 is 26.0 Å². The van der Waals surface area contributed by atoms with Gasteiger partial charge in [-0.25, -0.2) is 8.42 Å². The molecule has 0 spiro atoms. The van der Waals surface area contributed by atoms with Crippen LogP contribution in [0.3, 0.4) is 0 Å². The highest BCUT2D eigenvalue weighted by Gasteiger charge is 2.33. The second-order valence-corrected chi connectivity index (χ2v) is 7.46. The predicted octanol–water partition coefficient (Wildman–Crippen LogP) is 1.17. The Balaban J connectivity index is 2.23. The minimum absolute atomic E-state index is 0.247. The van der Waals surface area contributed by atoms with Crippen LogP contribution in [0.1, 0.15) is 6.42 Å². The molecule has 0 N–H and O–H groups in total. The minimum Gasteiger partial charge on any atom is -0.305 e. The van der Waals surface area contributed by atoms with Crippen LogP contribution in [0, 0.1) is 0 Å². The van der Waals surface area contributed by atoms with Crippen LogP contribution in [0.15, 0.2) is 27.8 Å². The van der Waals surface area contributed by atoms with Gasteiger partial charge in [0.1, 0.15) is 4.90 Å². The summed E-state index contributed by atoms with van der Waals surface area (Å²) in [7, 11) is 0.534. The van der Waals surface area contributed by atoms with Crippen molar-refractivity contribution < 1.29 is 8.42 Å². The van der Waals surface area contributed by atoms with Crippen molar-refractivity contribution in [3.05, 3.63) is 22.9 Å². The molecule has 0 amide bonds. The summed E-state index contributed by atoms with van der Waals surface area (Å²) in [5.41, 5.74) is 0. The number of aromatic nitrogens is 1. The molecule has 1 aliphatic heterocycles. The first-order chi connectivity index (χ1) is 8.41. The minimum atomic E-state index is -3.41. The van der Waals surface area contributed by atoms with E-state index in [-0.39, 0.29) is 4.90 Å². The highest BCUT2D eigenvalue weighted by Crippen LogP contribution is 2.23. The fourth-order valence-electron chi connectivity index (χ4n) is 2.03. The van der Waals surface area contributed by atoms with Crippen LogP contribution < -0.4 is 0 Å². The zero-order valence-corrected chi connectivity index (χ0v) is 12.8. The summed E-state index contributed by atoms with van der Waals surface area (Å²) in [5, 5.41) is 0. The van der Waals surface area contributed by atoms with Gasteiger partial charge in [-0.1, -0.05) is 0 Å². The summed E-state index contributed by atoms with van der Waals surface area (Å²) in [6, 6.07) is 1.88. The molecule has 18 heavy (non-hydrogen) atoms. The molecule has 0 aromatic carbocycles. The van der Waals surface area contributed by atoms with E-state index in [1.54, 1.807) is 12.3 Å². The molecule has 2 rings (SSSR count). The van der Waals surface area contributed by atoms with Gasteiger partial charge >= 0.3 is 0 Å². The maximum Gasteiger partial charge on any atom is 0.244 e. The van der Waals surface area contributed by atoms with Gasteiger partial charge in [-0.05, 0) is 42.5 Å². The van der Waals surface area contributed by atoms with Gasteiger partial charge in [-0.3, -0.25) is 4.98 Å². The molecule has 1 aromatic heterocycles. The van der Waals surface area contributed by atoms with Crippen molar-refractivity contribution in [1.82, 2.24) is 14.2 Å². The standard InChI is InChI=1S/C11H16BrN3O2S/c1-14(2)10-3-4-15(8-10)18(16,17)11-5-9(12)6-13-7-11/h5-7,10H,3-4,8H2,1-2H3/t10-/m0/s1. The van der Waals surface area contributed by atoms with Crippen LogP contribution >= 0.6 is 15.9 Å². The van der Waals surface area contributed by atoms with E-state index in [9.17, 15) is 8.42 Å². The number of nitrogens with zero attached hydrogens (tertiary/aromatic N) is 3. The number of hydrogen-bond donors (Lipinski definition) is 0. The molecule has 0 saturated carbocycles. The van der Waals surface area contributed by atoms with Gasteiger partial charge in [0.15, 0.2) is 0 Å². The summed E-state index contributed by atoms with van der Waals surface area (Å²) >= 11 is 3.24. The topological polar surface area (TPSA) is 53.5 Å². The molecule has 2 heterocycles. The summed E-state index contributed by atoms with van der Waals surface area (Å²) < 4.78 is 27.0. The monoisotopic (exact) mass is 333 g/mol. The fourth-order valence-corrected chi connectivity index (χ4v) is 4.03. The number of sulfonamides is 1. The Labute approximate surface area is 116 Å². The zero-order valence-electron chi connectivity index (χ0n) is 10.4. The molecular formula is C11H16BrN3O2S. The Morgan fingerprint density at radius 2 is 2.17 bits per heavy atom. The van der Waals surface area contributed by atoms with Crippen molar-refractivity contribution in [3.8, 4) is 0 Å². The Kier molecular flexibility index (Phi) is 4.05. The second-order valence-electron chi connectivity index (χ2n) is 4.61. The van der Waals surface area contributed by atoms with Crippen LogP contribution in [0.2, 0.25) is 0 Å². The highest BCUT2D eigenvalue weighted by atomic mass is 79.9. The molecule has 5 nitrogen and oxygen atoms in total. The SMILES string of the molecule is CN(C)[C@H]1CCN(S(=O)(=O)c2cncc(Br)c2)C1. The number of hydrogen-bond acceptors (Lipinski definition) is 4. The number of halogens is 1. The van der Waals surface area contributed by atoms with Gasteiger partial charge in [0, 0.05) is 36.0 Å². The van der Waals surface area contributed by atoms with Crippen molar-refractivity contribution in [2.24, 2.45) is 0 Å². The van der Waals surface area contributed by atoms with E-state index in [0.29, 0.717) is 23.6 Å². The summed E-state index contributed by atoms with van der Waals surface area (Å²) in [6.45, 7) is 1.11. The molecule has 1 atom stereocenters. The van der Waals surface area contributed by atoms with Crippen LogP contribution in [-0.2, 0) is 10.0 Å². The quantitative estimate of drug-likeness (QED) is 0.833. The molecule has 1 aliphatic rings. The smallest absolute Gasteiger partial charge is 0.244 e. The molecule has 0 aliphatic carbocycles. The first-order valence-electron chi connectivity index (χ1n) is 5.68. The van der Waals surface area contributed by atoms with E-state index in [4.69, 9.17) is 0 Å². The zero-order chi connectivity index (χ0) is 13.3. The molecule has 1 saturated heterocycles. The van der Waals surface area contributed by atoms with Crippen molar-refractivity contribution in [2.75, 3.05) is 27.2 Å². The normalized spacial score (nSPS) is 21.7. The fraction of sp³-hybridized carbons (Fsp3) is 0.545. The number of likely N-dealkylation sites (N-methyl/N-ethyl adjacent to an activating group) is 1. The summed E-state index contributed by atoms with van der Waals surface area (Å²) in [4.78, 5) is 6.22. The van der Waals surface area contributed by atoms with Gasteiger partial charge < -0.3 is 4.90 Å². The summed E-state index contributed by atoms with van der Waals surface area (Å²) in [6.07, 6.45) is 3.84. The first-order valence-corrected chi connectivity index (χ1v) is 7.91. The van der Waals surface area contributed by atoms with E-state index in [0.717, 1.165) is 6.42 Å². The van der Waals surface area contributed by atoms with E-state index < -0.39 is 10.0 Å². The Hall–Kier alpha value is -0.500. The van der Waals surface area contributed by atoms with Gasteiger partial charge in [-0.2, -0.15) is 4.31 Å². The molecule has 1 aromatic rings.